The Morgan fingerprint density at radius 2 is 2.06 bits per heavy atom. The van der Waals surface area contributed by atoms with E-state index in [4.69, 9.17) is 9.47 Å². The van der Waals surface area contributed by atoms with Crippen molar-refractivity contribution in [2.45, 2.75) is 32.8 Å². The number of hydrogen-bond donors (Lipinski definition) is 0. The van der Waals surface area contributed by atoms with Gasteiger partial charge in [-0.2, -0.15) is 0 Å². The Balaban J connectivity index is 2.59. The summed E-state index contributed by atoms with van der Waals surface area (Å²) in [5.74, 6) is 6.40. The Labute approximate surface area is 104 Å². The summed E-state index contributed by atoms with van der Waals surface area (Å²) in [6.45, 7) is 3.04. The van der Waals surface area contributed by atoms with Crippen LogP contribution in [0.15, 0.2) is 24.3 Å². The van der Waals surface area contributed by atoms with E-state index in [0.29, 0.717) is 13.4 Å². The van der Waals surface area contributed by atoms with Crippen LogP contribution in [-0.4, -0.2) is 13.9 Å². The molecule has 0 spiro atoms. The van der Waals surface area contributed by atoms with Crippen molar-refractivity contribution in [3.8, 4) is 11.8 Å². The Hall–Kier alpha value is -1.30. The second kappa shape index (κ2) is 8.81. The Morgan fingerprint density at radius 3 is 2.82 bits per heavy atom. The number of hydrogen-bond acceptors (Lipinski definition) is 2. The van der Waals surface area contributed by atoms with Gasteiger partial charge in [0.2, 0.25) is 0 Å². The largest absolute Gasteiger partial charge is 0.359 e. The first-order chi connectivity index (χ1) is 8.38. The van der Waals surface area contributed by atoms with Crippen LogP contribution in [-0.2, 0) is 16.1 Å². The van der Waals surface area contributed by atoms with E-state index in [-0.39, 0.29) is 0 Å². The highest BCUT2D eigenvalue weighted by atomic mass is 16.7. The summed E-state index contributed by atoms with van der Waals surface area (Å²) in [4.78, 5) is 0. The van der Waals surface area contributed by atoms with E-state index in [0.717, 1.165) is 24.0 Å². The van der Waals surface area contributed by atoms with Gasteiger partial charge in [-0.25, -0.2) is 0 Å². The third-order valence-electron chi connectivity index (χ3n) is 2.35. The first-order valence-corrected chi connectivity index (χ1v) is 6.02. The average molecular weight is 232 g/mol. The van der Waals surface area contributed by atoms with Gasteiger partial charge in [-0.3, -0.25) is 0 Å². The highest BCUT2D eigenvalue weighted by Crippen LogP contribution is 2.09. The van der Waals surface area contributed by atoms with Gasteiger partial charge in [0, 0.05) is 19.1 Å². The van der Waals surface area contributed by atoms with Gasteiger partial charge in [0.05, 0.1) is 6.61 Å². The van der Waals surface area contributed by atoms with Crippen LogP contribution in [0.5, 0.6) is 0 Å². The van der Waals surface area contributed by atoms with Crippen LogP contribution in [0.1, 0.15) is 37.3 Å². The second-order valence-corrected chi connectivity index (χ2v) is 3.82. The zero-order valence-corrected chi connectivity index (χ0v) is 10.7. The van der Waals surface area contributed by atoms with Gasteiger partial charge < -0.3 is 9.47 Å². The molecular weight excluding hydrogens is 212 g/mol. The van der Waals surface area contributed by atoms with Crippen molar-refractivity contribution in [2.24, 2.45) is 0 Å². The molecule has 0 heterocycles. The van der Waals surface area contributed by atoms with E-state index < -0.39 is 0 Å². The number of benzene rings is 1. The molecule has 2 nitrogen and oxygen atoms in total. The molecule has 0 fully saturated rings. The maximum Gasteiger partial charge on any atom is 0.146 e. The second-order valence-electron chi connectivity index (χ2n) is 3.82. The molecule has 2 heteroatoms. The van der Waals surface area contributed by atoms with E-state index in [1.54, 1.807) is 7.11 Å². The summed E-state index contributed by atoms with van der Waals surface area (Å²) in [5, 5.41) is 0. The van der Waals surface area contributed by atoms with Crippen molar-refractivity contribution < 1.29 is 9.47 Å². The van der Waals surface area contributed by atoms with Crippen LogP contribution in [0.2, 0.25) is 0 Å². The lowest BCUT2D eigenvalue weighted by molar-refractivity contribution is -0.0391. The molecule has 0 aromatic heterocycles. The van der Waals surface area contributed by atoms with E-state index in [9.17, 15) is 0 Å². The molecule has 92 valence electrons. The number of ether oxygens (including phenoxy) is 2. The minimum Gasteiger partial charge on any atom is -0.359 e. The molecule has 0 aliphatic rings. The molecule has 0 atom stereocenters. The summed E-state index contributed by atoms with van der Waals surface area (Å²) in [6.07, 6.45) is 3.31. The van der Waals surface area contributed by atoms with E-state index >= 15 is 0 Å². The third-order valence-corrected chi connectivity index (χ3v) is 2.35. The topological polar surface area (TPSA) is 18.5 Å². The fourth-order valence-electron chi connectivity index (χ4n) is 1.43. The quantitative estimate of drug-likeness (QED) is 0.425. The van der Waals surface area contributed by atoms with Crippen LogP contribution >= 0.6 is 0 Å². The van der Waals surface area contributed by atoms with Crippen molar-refractivity contribution in [1.82, 2.24) is 0 Å². The first-order valence-electron chi connectivity index (χ1n) is 6.02. The Bertz CT molecular complexity index is 374. The molecule has 0 unspecified atom stereocenters. The zero-order chi connectivity index (χ0) is 12.3. The van der Waals surface area contributed by atoms with Gasteiger partial charge in [0.1, 0.15) is 6.79 Å². The van der Waals surface area contributed by atoms with Crippen molar-refractivity contribution in [3.63, 3.8) is 0 Å². The molecule has 0 saturated carbocycles. The highest BCUT2D eigenvalue weighted by molar-refractivity contribution is 5.40. The molecule has 0 saturated heterocycles. The van der Waals surface area contributed by atoms with Gasteiger partial charge in [0.25, 0.3) is 0 Å². The predicted octanol–water partition coefficient (Wildman–Crippen LogP) is 3.35. The summed E-state index contributed by atoms with van der Waals surface area (Å²) in [7, 11) is 1.62. The van der Waals surface area contributed by atoms with Gasteiger partial charge >= 0.3 is 0 Å². The van der Waals surface area contributed by atoms with Crippen LogP contribution in [0.25, 0.3) is 0 Å². The number of unbranched alkanes of at least 4 members (excludes halogenated alkanes) is 2. The SMILES string of the molecule is CCCCC#Cc1ccccc1COCOC. The van der Waals surface area contributed by atoms with Crippen molar-refractivity contribution in [1.29, 1.82) is 0 Å². The van der Waals surface area contributed by atoms with Crippen LogP contribution < -0.4 is 0 Å². The van der Waals surface area contributed by atoms with E-state index in [2.05, 4.69) is 18.8 Å². The van der Waals surface area contributed by atoms with E-state index in [1.165, 1.54) is 6.42 Å². The molecule has 17 heavy (non-hydrogen) atoms. The van der Waals surface area contributed by atoms with Gasteiger partial charge in [-0.05, 0) is 18.1 Å². The molecular formula is C15H20O2. The van der Waals surface area contributed by atoms with Crippen LogP contribution in [0, 0.1) is 11.8 Å². The first kappa shape index (κ1) is 13.8. The van der Waals surface area contributed by atoms with Crippen molar-refractivity contribution in [3.05, 3.63) is 35.4 Å². The fourth-order valence-corrected chi connectivity index (χ4v) is 1.43. The van der Waals surface area contributed by atoms with Crippen LogP contribution in [0.3, 0.4) is 0 Å². The van der Waals surface area contributed by atoms with Crippen LogP contribution in [0.4, 0.5) is 0 Å². The average Bonchev–Trinajstić information content (AvgIpc) is 2.36. The van der Waals surface area contributed by atoms with Crippen molar-refractivity contribution in [2.75, 3.05) is 13.9 Å². The number of methoxy groups -OCH3 is 1. The number of rotatable bonds is 6. The van der Waals surface area contributed by atoms with Gasteiger partial charge in [-0.15, -0.1) is 0 Å². The molecule has 0 aliphatic carbocycles. The van der Waals surface area contributed by atoms with Gasteiger partial charge in [0.15, 0.2) is 0 Å². The molecule has 0 bridgehead atoms. The maximum atomic E-state index is 5.35. The third kappa shape index (κ3) is 5.53. The molecule has 0 aliphatic heterocycles. The highest BCUT2D eigenvalue weighted by Gasteiger charge is 1.98. The molecule has 1 aromatic rings. The molecule has 0 amide bonds. The smallest absolute Gasteiger partial charge is 0.146 e. The molecule has 0 radical (unpaired) electrons. The summed E-state index contributed by atoms with van der Waals surface area (Å²) in [6, 6.07) is 8.08. The molecule has 0 N–H and O–H groups in total. The lowest BCUT2D eigenvalue weighted by Gasteiger charge is -2.05. The Kier molecular flexibility index (Phi) is 7.13. The van der Waals surface area contributed by atoms with Crippen molar-refractivity contribution >= 4 is 0 Å². The van der Waals surface area contributed by atoms with E-state index in [1.807, 2.05) is 24.3 Å². The minimum atomic E-state index is 0.317. The summed E-state index contributed by atoms with van der Waals surface area (Å²) in [5.41, 5.74) is 2.17. The van der Waals surface area contributed by atoms with Gasteiger partial charge in [-0.1, -0.05) is 43.4 Å². The lowest BCUT2D eigenvalue weighted by Crippen LogP contribution is -1.98. The zero-order valence-electron chi connectivity index (χ0n) is 10.7. The fraction of sp³-hybridized carbons (Fsp3) is 0.467. The normalized spacial score (nSPS) is 9.76. The molecule has 1 rings (SSSR count). The minimum absolute atomic E-state index is 0.317. The summed E-state index contributed by atoms with van der Waals surface area (Å²) >= 11 is 0. The Morgan fingerprint density at radius 1 is 1.24 bits per heavy atom. The maximum absolute atomic E-state index is 5.35. The monoisotopic (exact) mass is 232 g/mol. The lowest BCUT2D eigenvalue weighted by atomic mass is 10.1. The summed E-state index contributed by atoms with van der Waals surface area (Å²) < 4.78 is 10.2. The standard InChI is InChI=1S/C15H20O2/c1-3-4-5-6-9-14-10-7-8-11-15(14)12-17-13-16-2/h7-8,10-11H,3-5,12-13H2,1-2H3. The molecule has 1 aromatic carbocycles. The predicted molar refractivity (Wildman–Crippen MR) is 69.5 cm³/mol.